The van der Waals surface area contributed by atoms with Gasteiger partial charge in [-0.05, 0) is 55.0 Å². The second-order valence-electron chi connectivity index (χ2n) is 6.93. The molecule has 150 valence electrons. The Labute approximate surface area is 180 Å². The van der Waals surface area contributed by atoms with Crippen LogP contribution in [0.25, 0.3) is 11.3 Å². The van der Waals surface area contributed by atoms with Crippen molar-refractivity contribution in [3.05, 3.63) is 76.8 Å². The number of aromatic nitrogens is 1. The Kier molecular flexibility index (Phi) is 5.85. The largest absolute Gasteiger partial charge is 0.459 e. The Morgan fingerprint density at radius 3 is 2.83 bits per heavy atom. The molecule has 7 heteroatoms. The van der Waals surface area contributed by atoms with E-state index in [9.17, 15) is 0 Å². The van der Waals surface area contributed by atoms with Crippen molar-refractivity contribution < 1.29 is 9.15 Å². The molecule has 29 heavy (non-hydrogen) atoms. The number of rotatable bonds is 6. The van der Waals surface area contributed by atoms with Gasteiger partial charge in [0.05, 0.1) is 18.3 Å². The molecule has 0 aliphatic carbocycles. The molecule has 1 N–H and O–H groups in total. The van der Waals surface area contributed by atoms with Gasteiger partial charge < -0.3 is 19.4 Å². The summed E-state index contributed by atoms with van der Waals surface area (Å²) < 4.78 is 11.6. The number of halogens is 1. The maximum atomic E-state index is 6.33. The number of nitrogens with one attached hydrogen (secondary N) is 1. The molecule has 0 saturated carbocycles. The first kappa shape index (κ1) is 19.9. The third-order valence-corrected chi connectivity index (χ3v) is 5.95. The predicted octanol–water partition coefficient (Wildman–Crippen LogP) is 4.92. The molecule has 2 unspecified atom stereocenters. The number of furan rings is 1. The first-order chi connectivity index (χ1) is 14.1. The zero-order chi connectivity index (χ0) is 20.4. The average molecular weight is 428 g/mol. The lowest BCUT2D eigenvalue weighted by Crippen LogP contribution is -2.32. The molecule has 0 amide bonds. The van der Waals surface area contributed by atoms with Crippen LogP contribution in [0.3, 0.4) is 0 Å². The summed E-state index contributed by atoms with van der Waals surface area (Å²) in [6.45, 7) is 3.21. The number of methoxy groups -OCH3 is 1. The first-order valence-electron chi connectivity index (χ1n) is 9.42. The monoisotopic (exact) mass is 427 g/mol. The molecule has 1 saturated heterocycles. The molecule has 0 bridgehead atoms. The van der Waals surface area contributed by atoms with E-state index in [-0.39, 0.29) is 12.1 Å². The summed E-state index contributed by atoms with van der Waals surface area (Å²) in [6.07, 6.45) is 1.79. The zero-order valence-electron chi connectivity index (χ0n) is 16.3. The van der Waals surface area contributed by atoms with Gasteiger partial charge in [-0.3, -0.25) is 4.98 Å². The van der Waals surface area contributed by atoms with Crippen molar-refractivity contribution in [1.82, 2.24) is 15.2 Å². The van der Waals surface area contributed by atoms with E-state index >= 15 is 0 Å². The Bertz CT molecular complexity index is 1010. The van der Waals surface area contributed by atoms with Crippen LogP contribution in [0.15, 0.2) is 59.1 Å². The molecule has 3 heterocycles. The van der Waals surface area contributed by atoms with Crippen LogP contribution in [-0.4, -0.2) is 35.3 Å². The lowest BCUT2D eigenvalue weighted by atomic mass is 10.0. The van der Waals surface area contributed by atoms with E-state index in [4.69, 9.17) is 33.0 Å². The van der Waals surface area contributed by atoms with Gasteiger partial charge in [0.2, 0.25) is 0 Å². The van der Waals surface area contributed by atoms with Gasteiger partial charge in [-0.1, -0.05) is 29.8 Å². The molecule has 0 spiro atoms. The molecule has 2 atom stereocenters. The minimum atomic E-state index is -0.124. The number of thiocarbonyl (C=S) groups is 1. The first-order valence-corrected chi connectivity index (χ1v) is 10.2. The highest BCUT2D eigenvalue weighted by molar-refractivity contribution is 7.80. The number of ether oxygens (including phenoxy) is 1. The molecular formula is C22H22ClN3O2S. The molecule has 1 aliphatic rings. The molecule has 4 rings (SSSR count). The van der Waals surface area contributed by atoms with Crippen LogP contribution >= 0.6 is 23.8 Å². The molecule has 2 aromatic heterocycles. The molecule has 1 aromatic carbocycles. The van der Waals surface area contributed by atoms with Crippen LogP contribution in [0.1, 0.15) is 29.1 Å². The van der Waals surface area contributed by atoms with Crippen molar-refractivity contribution in [2.24, 2.45) is 0 Å². The third-order valence-electron chi connectivity index (χ3n) is 5.19. The fourth-order valence-corrected chi connectivity index (χ4v) is 4.18. The van der Waals surface area contributed by atoms with Crippen molar-refractivity contribution in [2.75, 3.05) is 20.3 Å². The van der Waals surface area contributed by atoms with Crippen molar-refractivity contribution in [3.63, 3.8) is 0 Å². The number of pyridine rings is 1. The second kappa shape index (κ2) is 8.53. The lowest BCUT2D eigenvalue weighted by Gasteiger charge is -2.25. The van der Waals surface area contributed by atoms with E-state index in [0.29, 0.717) is 18.3 Å². The van der Waals surface area contributed by atoms with E-state index in [2.05, 4.69) is 15.2 Å². The van der Waals surface area contributed by atoms with Gasteiger partial charge >= 0.3 is 0 Å². The smallest absolute Gasteiger partial charge is 0.170 e. The summed E-state index contributed by atoms with van der Waals surface area (Å²) in [5.74, 6) is 1.60. The van der Waals surface area contributed by atoms with Gasteiger partial charge in [0, 0.05) is 30.4 Å². The van der Waals surface area contributed by atoms with Crippen LogP contribution in [0.2, 0.25) is 5.02 Å². The van der Waals surface area contributed by atoms with Crippen molar-refractivity contribution in [2.45, 2.75) is 19.0 Å². The maximum absolute atomic E-state index is 6.33. The Morgan fingerprint density at radius 2 is 2.07 bits per heavy atom. The minimum Gasteiger partial charge on any atom is -0.459 e. The molecular weight excluding hydrogens is 406 g/mol. The van der Waals surface area contributed by atoms with Gasteiger partial charge in [-0.15, -0.1) is 0 Å². The highest BCUT2D eigenvalue weighted by atomic mass is 35.5. The number of benzene rings is 1. The maximum Gasteiger partial charge on any atom is 0.170 e. The molecule has 0 radical (unpaired) electrons. The number of hydrogen-bond donors (Lipinski definition) is 1. The van der Waals surface area contributed by atoms with E-state index < -0.39 is 0 Å². The van der Waals surface area contributed by atoms with Gasteiger partial charge in [0.25, 0.3) is 0 Å². The van der Waals surface area contributed by atoms with Gasteiger partial charge in [0.1, 0.15) is 17.6 Å². The van der Waals surface area contributed by atoms with Crippen molar-refractivity contribution >= 4 is 28.9 Å². The number of nitrogens with zero attached hydrogens (tertiary/aromatic N) is 2. The van der Waals surface area contributed by atoms with E-state index in [1.54, 1.807) is 13.3 Å². The van der Waals surface area contributed by atoms with Crippen LogP contribution < -0.4 is 5.32 Å². The zero-order valence-corrected chi connectivity index (χ0v) is 17.8. The average Bonchev–Trinajstić information content (AvgIpc) is 3.33. The number of hydrogen-bond acceptors (Lipinski definition) is 4. The Balaban J connectivity index is 1.73. The Hall–Kier alpha value is -2.41. The van der Waals surface area contributed by atoms with Crippen LogP contribution in [0, 0.1) is 6.92 Å². The topological polar surface area (TPSA) is 50.5 Å². The summed E-state index contributed by atoms with van der Waals surface area (Å²) in [6, 6.07) is 15.5. The summed E-state index contributed by atoms with van der Waals surface area (Å²) in [4.78, 5) is 6.64. The summed E-state index contributed by atoms with van der Waals surface area (Å²) in [7, 11) is 1.69. The lowest BCUT2D eigenvalue weighted by molar-refractivity contribution is 0.158. The molecule has 5 nitrogen and oxygen atoms in total. The van der Waals surface area contributed by atoms with E-state index in [1.807, 2.05) is 55.5 Å². The molecule has 1 aliphatic heterocycles. The molecule has 1 fully saturated rings. The third kappa shape index (κ3) is 3.88. The van der Waals surface area contributed by atoms with Gasteiger partial charge in [-0.25, -0.2) is 0 Å². The summed E-state index contributed by atoms with van der Waals surface area (Å²) in [5, 5.41) is 4.79. The highest BCUT2D eigenvalue weighted by Gasteiger charge is 2.41. The van der Waals surface area contributed by atoms with Crippen molar-refractivity contribution in [1.29, 1.82) is 0 Å². The van der Waals surface area contributed by atoms with Gasteiger partial charge in [0.15, 0.2) is 5.11 Å². The SMILES string of the molecule is COCCN1C(=S)NC(c2ccccn2)C1c1ccc(-c2cccc(Cl)c2C)o1. The normalized spacial score (nSPS) is 18.9. The second-order valence-corrected chi connectivity index (χ2v) is 7.72. The fraction of sp³-hybridized carbons (Fsp3) is 0.273. The quantitative estimate of drug-likeness (QED) is 0.563. The van der Waals surface area contributed by atoms with Crippen molar-refractivity contribution in [3.8, 4) is 11.3 Å². The van der Waals surface area contributed by atoms with Crippen LogP contribution in [0.4, 0.5) is 0 Å². The van der Waals surface area contributed by atoms with Crippen LogP contribution in [0.5, 0.6) is 0 Å². The van der Waals surface area contributed by atoms with E-state index in [0.717, 1.165) is 33.4 Å². The minimum absolute atomic E-state index is 0.111. The highest BCUT2D eigenvalue weighted by Crippen LogP contribution is 2.40. The summed E-state index contributed by atoms with van der Waals surface area (Å²) >= 11 is 11.9. The van der Waals surface area contributed by atoms with E-state index in [1.165, 1.54) is 0 Å². The predicted molar refractivity (Wildman–Crippen MR) is 118 cm³/mol. The fourth-order valence-electron chi connectivity index (χ4n) is 3.68. The standard InChI is InChI=1S/C22H22ClN3O2S/c1-14-15(6-5-7-16(14)23)18-9-10-19(28-18)21-20(17-8-3-4-11-24-17)25-22(29)26(21)12-13-27-2/h3-11,20-21H,12-13H2,1-2H3,(H,25,29). The van der Waals surface area contributed by atoms with Gasteiger partial charge in [-0.2, -0.15) is 0 Å². The Morgan fingerprint density at radius 1 is 1.21 bits per heavy atom. The molecule has 3 aromatic rings. The van der Waals surface area contributed by atoms with Crippen LogP contribution in [-0.2, 0) is 4.74 Å². The summed E-state index contributed by atoms with van der Waals surface area (Å²) in [5.41, 5.74) is 2.89.